The minimum Gasteiger partial charge on any atom is -0.444 e. The van der Waals surface area contributed by atoms with Crippen molar-refractivity contribution >= 4 is 6.09 Å². The molecule has 2 aliphatic heterocycles. The SMILES string of the molecule is CN(C[C@H]1CCCO1)C1CCN(C(=O)OC(C)(C)C)CC1. The molecular weight excluding hydrogens is 268 g/mol. The fourth-order valence-corrected chi connectivity index (χ4v) is 3.07. The monoisotopic (exact) mass is 298 g/mol. The number of hydrogen-bond acceptors (Lipinski definition) is 4. The van der Waals surface area contributed by atoms with Gasteiger partial charge in [-0.3, -0.25) is 0 Å². The fraction of sp³-hybridized carbons (Fsp3) is 0.938. The first-order chi connectivity index (χ1) is 9.85. The van der Waals surface area contributed by atoms with Crippen molar-refractivity contribution in [2.75, 3.05) is 33.3 Å². The number of carbonyl (C=O) groups excluding carboxylic acids is 1. The normalized spacial score (nSPS) is 24.6. The maximum absolute atomic E-state index is 12.0. The van der Waals surface area contributed by atoms with Crippen LogP contribution in [0, 0.1) is 0 Å². The molecule has 2 fully saturated rings. The second-order valence-corrected chi connectivity index (χ2v) is 7.27. The van der Waals surface area contributed by atoms with Crippen molar-refractivity contribution < 1.29 is 14.3 Å². The Morgan fingerprint density at radius 3 is 2.48 bits per heavy atom. The number of hydrogen-bond donors (Lipinski definition) is 0. The number of nitrogens with zero attached hydrogens (tertiary/aromatic N) is 2. The van der Waals surface area contributed by atoms with Gasteiger partial charge >= 0.3 is 6.09 Å². The summed E-state index contributed by atoms with van der Waals surface area (Å²) in [5.41, 5.74) is -0.412. The van der Waals surface area contributed by atoms with Crippen LogP contribution in [0.3, 0.4) is 0 Å². The molecule has 0 aromatic heterocycles. The van der Waals surface area contributed by atoms with E-state index in [1.54, 1.807) is 0 Å². The second kappa shape index (κ2) is 6.97. The summed E-state index contributed by atoms with van der Waals surface area (Å²) in [4.78, 5) is 16.3. The molecule has 5 nitrogen and oxygen atoms in total. The average Bonchev–Trinajstić information content (AvgIpc) is 2.90. The van der Waals surface area contributed by atoms with Gasteiger partial charge in [0.05, 0.1) is 6.10 Å². The minimum absolute atomic E-state index is 0.178. The van der Waals surface area contributed by atoms with E-state index in [0.29, 0.717) is 12.1 Å². The molecule has 1 amide bonds. The van der Waals surface area contributed by atoms with E-state index in [1.165, 1.54) is 12.8 Å². The van der Waals surface area contributed by atoms with Crippen molar-refractivity contribution in [2.24, 2.45) is 0 Å². The van der Waals surface area contributed by atoms with Crippen molar-refractivity contribution in [3.63, 3.8) is 0 Å². The van der Waals surface area contributed by atoms with Crippen LogP contribution in [0.4, 0.5) is 4.79 Å². The number of piperidine rings is 1. The van der Waals surface area contributed by atoms with Gasteiger partial charge in [-0.25, -0.2) is 4.79 Å². The van der Waals surface area contributed by atoms with Crippen LogP contribution in [0.25, 0.3) is 0 Å². The molecule has 1 atom stereocenters. The molecule has 122 valence electrons. The number of ether oxygens (including phenoxy) is 2. The van der Waals surface area contributed by atoms with Crippen molar-refractivity contribution in [1.82, 2.24) is 9.80 Å². The van der Waals surface area contributed by atoms with Crippen molar-refractivity contribution in [3.05, 3.63) is 0 Å². The summed E-state index contributed by atoms with van der Waals surface area (Å²) in [6.45, 7) is 9.23. The van der Waals surface area contributed by atoms with Crippen LogP contribution in [0.5, 0.6) is 0 Å². The molecule has 0 N–H and O–H groups in total. The molecular formula is C16H30N2O3. The molecule has 21 heavy (non-hydrogen) atoms. The van der Waals surface area contributed by atoms with E-state index in [9.17, 15) is 4.79 Å². The lowest BCUT2D eigenvalue weighted by atomic mass is 10.0. The average molecular weight is 298 g/mol. The Hall–Kier alpha value is -0.810. The molecule has 0 bridgehead atoms. The third-order valence-corrected chi connectivity index (χ3v) is 4.26. The predicted octanol–water partition coefficient (Wildman–Crippen LogP) is 2.50. The van der Waals surface area contributed by atoms with Crippen LogP contribution >= 0.6 is 0 Å². The molecule has 0 aliphatic carbocycles. The van der Waals surface area contributed by atoms with Crippen molar-refractivity contribution in [3.8, 4) is 0 Å². The quantitative estimate of drug-likeness (QED) is 0.803. The lowest BCUT2D eigenvalue weighted by Gasteiger charge is -2.37. The molecule has 2 saturated heterocycles. The van der Waals surface area contributed by atoms with Crippen LogP contribution < -0.4 is 0 Å². The van der Waals surface area contributed by atoms with E-state index in [4.69, 9.17) is 9.47 Å². The highest BCUT2D eigenvalue weighted by Gasteiger charge is 2.29. The zero-order chi connectivity index (χ0) is 15.5. The second-order valence-electron chi connectivity index (χ2n) is 7.27. The molecule has 0 spiro atoms. The van der Waals surface area contributed by atoms with E-state index in [0.717, 1.165) is 39.1 Å². The van der Waals surface area contributed by atoms with Gasteiger partial charge in [0.15, 0.2) is 0 Å². The summed E-state index contributed by atoms with van der Waals surface area (Å²) in [5, 5.41) is 0. The summed E-state index contributed by atoms with van der Waals surface area (Å²) in [7, 11) is 2.18. The van der Waals surface area contributed by atoms with Gasteiger partial charge in [0, 0.05) is 32.3 Å². The largest absolute Gasteiger partial charge is 0.444 e. The molecule has 0 radical (unpaired) electrons. The van der Waals surface area contributed by atoms with Gasteiger partial charge in [0.25, 0.3) is 0 Å². The smallest absolute Gasteiger partial charge is 0.410 e. The molecule has 2 heterocycles. The number of rotatable bonds is 3. The molecule has 2 rings (SSSR count). The lowest BCUT2D eigenvalue weighted by Crippen LogP contribution is -2.48. The number of likely N-dealkylation sites (tertiary alicyclic amines) is 1. The predicted molar refractivity (Wildman–Crippen MR) is 82.4 cm³/mol. The number of carbonyl (C=O) groups is 1. The zero-order valence-electron chi connectivity index (χ0n) is 13.9. The highest BCUT2D eigenvalue weighted by atomic mass is 16.6. The first kappa shape index (κ1) is 16.6. The summed E-state index contributed by atoms with van der Waals surface area (Å²) in [5.74, 6) is 0. The molecule has 5 heteroatoms. The van der Waals surface area contributed by atoms with E-state index in [-0.39, 0.29) is 6.09 Å². The van der Waals surface area contributed by atoms with Crippen LogP contribution in [0.15, 0.2) is 0 Å². The molecule has 2 aliphatic rings. The van der Waals surface area contributed by atoms with Gasteiger partial charge in [-0.15, -0.1) is 0 Å². The summed E-state index contributed by atoms with van der Waals surface area (Å²) >= 11 is 0. The van der Waals surface area contributed by atoms with E-state index in [1.807, 2.05) is 25.7 Å². The van der Waals surface area contributed by atoms with Gasteiger partial charge in [-0.05, 0) is 53.5 Å². The Balaban J connectivity index is 1.73. The van der Waals surface area contributed by atoms with E-state index in [2.05, 4.69) is 11.9 Å². The Bertz CT molecular complexity index is 340. The van der Waals surface area contributed by atoms with Gasteiger partial charge in [-0.2, -0.15) is 0 Å². The van der Waals surface area contributed by atoms with E-state index >= 15 is 0 Å². The Labute approximate surface area is 128 Å². The third-order valence-electron chi connectivity index (χ3n) is 4.26. The zero-order valence-corrected chi connectivity index (χ0v) is 13.9. The summed E-state index contributed by atoms with van der Waals surface area (Å²) in [6, 6.07) is 0.549. The van der Waals surface area contributed by atoms with Crippen molar-refractivity contribution in [1.29, 1.82) is 0 Å². The lowest BCUT2D eigenvalue weighted by molar-refractivity contribution is 0.0113. The van der Waals surface area contributed by atoms with Crippen molar-refractivity contribution in [2.45, 2.75) is 64.2 Å². The Morgan fingerprint density at radius 1 is 1.29 bits per heavy atom. The van der Waals surface area contributed by atoms with Gasteiger partial charge in [-0.1, -0.05) is 0 Å². The molecule has 0 aromatic rings. The Morgan fingerprint density at radius 2 is 1.95 bits per heavy atom. The third kappa shape index (κ3) is 5.15. The first-order valence-electron chi connectivity index (χ1n) is 8.15. The van der Waals surface area contributed by atoms with Crippen LogP contribution in [0.1, 0.15) is 46.5 Å². The molecule has 0 unspecified atom stereocenters. The van der Waals surface area contributed by atoms with Gasteiger partial charge in [0.1, 0.15) is 5.60 Å². The topological polar surface area (TPSA) is 42.0 Å². The highest BCUT2D eigenvalue weighted by Crippen LogP contribution is 2.20. The number of amides is 1. The maximum Gasteiger partial charge on any atom is 0.410 e. The summed E-state index contributed by atoms with van der Waals surface area (Å²) < 4.78 is 11.1. The van der Waals surface area contributed by atoms with Crippen LogP contribution in [-0.4, -0.2) is 66.9 Å². The Kier molecular flexibility index (Phi) is 5.49. The standard InChI is InChI=1S/C16H30N2O3/c1-16(2,3)21-15(19)18-9-7-13(8-10-18)17(4)12-14-6-5-11-20-14/h13-14H,5-12H2,1-4H3/t14-/m1/s1. The van der Waals surface area contributed by atoms with Crippen LogP contribution in [-0.2, 0) is 9.47 Å². The fourth-order valence-electron chi connectivity index (χ4n) is 3.07. The minimum atomic E-state index is -0.412. The maximum atomic E-state index is 12.0. The van der Waals surface area contributed by atoms with Gasteiger partial charge < -0.3 is 19.3 Å². The summed E-state index contributed by atoms with van der Waals surface area (Å²) in [6.07, 6.45) is 4.63. The first-order valence-corrected chi connectivity index (χ1v) is 8.15. The van der Waals surface area contributed by atoms with E-state index < -0.39 is 5.60 Å². The number of likely N-dealkylation sites (N-methyl/N-ethyl adjacent to an activating group) is 1. The molecule has 0 aromatic carbocycles. The highest BCUT2D eigenvalue weighted by molar-refractivity contribution is 5.68. The van der Waals surface area contributed by atoms with Crippen LogP contribution in [0.2, 0.25) is 0 Å². The van der Waals surface area contributed by atoms with Gasteiger partial charge in [0.2, 0.25) is 0 Å². The molecule has 0 saturated carbocycles.